The normalized spacial score (nSPS) is 10.8. The quantitative estimate of drug-likeness (QED) is 0.708. The van der Waals surface area contributed by atoms with E-state index in [1.54, 1.807) is 6.08 Å². The Kier molecular flexibility index (Phi) is 6.84. The van der Waals surface area contributed by atoms with Gasteiger partial charge in [-0.15, -0.1) is 0 Å². The molecule has 0 bridgehead atoms. The molecule has 0 atom stereocenters. The van der Waals surface area contributed by atoms with E-state index in [0.717, 1.165) is 22.4 Å². The van der Waals surface area contributed by atoms with Gasteiger partial charge in [-0.25, -0.2) is 0 Å². The highest BCUT2D eigenvalue weighted by atomic mass is 16.5. The molecule has 2 aromatic carbocycles. The number of carbonyl (C=O) groups is 1. The Labute approximate surface area is 155 Å². The lowest BCUT2D eigenvalue weighted by Gasteiger charge is -2.12. The number of nitrogens with one attached hydrogen (secondary N) is 1. The van der Waals surface area contributed by atoms with Crippen molar-refractivity contribution in [3.05, 3.63) is 58.7 Å². The minimum absolute atomic E-state index is 0.160. The molecule has 0 saturated heterocycles. The van der Waals surface area contributed by atoms with Crippen molar-refractivity contribution in [2.45, 2.75) is 34.6 Å². The first kappa shape index (κ1) is 19.6. The lowest BCUT2D eigenvalue weighted by atomic mass is 10.1. The summed E-state index contributed by atoms with van der Waals surface area (Å²) in [6.07, 6.45) is 3.30. The van der Waals surface area contributed by atoms with Crippen LogP contribution in [-0.4, -0.2) is 19.1 Å². The number of rotatable bonds is 7. The predicted octanol–water partition coefficient (Wildman–Crippen LogP) is 5.06. The number of hydrogen-bond donors (Lipinski definition) is 1. The Morgan fingerprint density at radius 2 is 1.58 bits per heavy atom. The van der Waals surface area contributed by atoms with Gasteiger partial charge in [-0.3, -0.25) is 4.79 Å². The standard InChI is InChI=1S/C22H27NO3/c1-6-25-19-10-8-18(14-20(19)26-7-2)9-11-21(24)23-22-16(4)12-15(3)13-17(22)5/h8-14H,6-7H2,1-5H3,(H,23,24). The van der Waals surface area contributed by atoms with E-state index in [4.69, 9.17) is 9.47 Å². The molecule has 1 N–H and O–H groups in total. The number of aryl methyl sites for hydroxylation is 3. The Morgan fingerprint density at radius 1 is 0.962 bits per heavy atom. The van der Waals surface area contributed by atoms with Gasteiger partial charge in [0, 0.05) is 11.8 Å². The number of ether oxygens (including phenoxy) is 2. The molecule has 4 heteroatoms. The van der Waals surface area contributed by atoms with Crippen LogP contribution in [0.1, 0.15) is 36.1 Å². The summed E-state index contributed by atoms with van der Waals surface area (Å²) >= 11 is 0. The van der Waals surface area contributed by atoms with Gasteiger partial charge in [-0.05, 0) is 69.5 Å². The van der Waals surface area contributed by atoms with Crippen molar-refractivity contribution in [3.63, 3.8) is 0 Å². The van der Waals surface area contributed by atoms with Crippen molar-refractivity contribution in [2.75, 3.05) is 18.5 Å². The monoisotopic (exact) mass is 353 g/mol. The van der Waals surface area contributed by atoms with E-state index in [2.05, 4.69) is 17.4 Å². The van der Waals surface area contributed by atoms with Crippen LogP contribution in [0.25, 0.3) is 6.08 Å². The zero-order valence-electron chi connectivity index (χ0n) is 16.2. The maximum Gasteiger partial charge on any atom is 0.248 e. The number of amides is 1. The molecule has 2 aromatic rings. The van der Waals surface area contributed by atoms with Gasteiger partial charge in [0.25, 0.3) is 0 Å². The highest BCUT2D eigenvalue weighted by Gasteiger charge is 2.07. The first-order valence-electron chi connectivity index (χ1n) is 8.91. The molecule has 2 rings (SSSR count). The third-order valence-corrected chi connectivity index (χ3v) is 3.92. The predicted molar refractivity (Wildman–Crippen MR) is 107 cm³/mol. The van der Waals surface area contributed by atoms with Gasteiger partial charge in [-0.2, -0.15) is 0 Å². The first-order chi connectivity index (χ1) is 12.4. The smallest absolute Gasteiger partial charge is 0.248 e. The van der Waals surface area contributed by atoms with E-state index < -0.39 is 0 Å². The van der Waals surface area contributed by atoms with Crippen molar-refractivity contribution < 1.29 is 14.3 Å². The second kappa shape index (κ2) is 9.09. The van der Waals surface area contributed by atoms with Gasteiger partial charge in [0.15, 0.2) is 11.5 Å². The summed E-state index contributed by atoms with van der Waals surface area (Å²) in [5, 5.41) is 2.97. The van der Waals surface area contributed by atoms with Crippen LogP contribution in [0.15, 0.2) is 36.4 Å². The Hall–Kier alpha value is -2.75. The Balaban J connectivity index is 2.14. The number of hydrogen-bond acceptors (Lipinski definition) is 3. The second-order valence-electron chi connectivity index (χ2n) is 6.17. The van der Waals surface area contributed by atoms with E-state index in [9.17, 15) is 4.79 Å². The van der Waals surface area contributed by atoms with Gasteiger partial charge in [0.1, 0.15) is 0 Å². The van der Waals surface area contributed by atoms with E-state index in [1.165, 1.54) is 11.6 Å². The van der Waals surface area contributed by atoms with Gasteiger partial charge in [0.2, 0.25) is 5.91 Å². The molecule has 1 amide bonds. The summed E-state index contributed by atoms with van der Waals surface area (Å²) in [6, 6.07) is 9.76. The lowest BCUT2D eigenvalue weighted by Crippen LogP contribution is -2.10. The molecule has 0 aromatic heterocycles. The fourth-order valence-corrected chi connectivity index (χ4v) is 2.89. The second-order valence-corrected chi connectivity index (χ2v) is 6.17. The van der Waals surface area contributed by atoms with Crippen LogP contribution in [0, 0.1) is 20.8 Å². The maximum absolute atomic E-state index is 12.3. The third kappa shape index (κ3) is 5.12. The zero-order chi connectivity index (χ0) is 19.1. The van der Waals surface area contributed by atoms with Crippen LogP contribution in [-0.2, 0) is 4.79 Å². The lowest BCUT2D eigenvalue weighted by molar-refractivity contribution is -0.111. The molecule has 138 valence electrons. The van der Waals surface area contributed by atoms with Crippen LogP contribution in [0.2, 0.25) is 0 Å². The molecular formula is C22H27NO3. The SMILES string of the molecule is CCOc1ccc(C=CC(=O)Nc2c(C)cc(C)cc2C)cc1OCC. The van der Waals surface area contributed by atoms with Crippen molar-refractivity contribution in [1.29, 1.82) is 0 Å². The van der Waals surface area contributed by atoms with Gasteiger partial charge >= 0.3 is 0 Å². The molecule has 0 saturated carbocycles. The molecule has 0 spiro atoms. The minimum Gasteiger partial charge on any atom is -0.490 e. The molecule has 0 fully saturated rings. The van der Waals surface area contributed by atoms with Crippen LogP contribution in [0.3, 0.4) is 0 Å². The van der Waals surface area contributed by atoms with E-state index >= 15 is 0 Å². The number of anilines is 1. The first-order valence-corrected chi connectivity index (χ1v) is 8.91. The Bertz CT molecular complexity index is 786. The molecule has 4 nitrogen and oxygen atoms in total. The largest absolute Gasteiger partial charge is 0.490 e. The molecule has 26 heavy (non-hydrogen) atoms. The fraction of sp³-hybridized carbons (Fsp3) is 0.318. The van der Waals surface area contributed by atoms with Gasteiger partial charge < -0.3 is 14.8 Å². The zero-order valence-corrected chi connectivity index (χ0v) is 16.2. The highest BCUT2D eigenvalue weighted by molar-refractivity contribution is 6.02. The van der Waals surface area contributed by atoms with Crippen LogP contribution >= 0.6 is 0 Å². The highest BCUT2D eigenvalue weighted by Crippen LogP contribution is 2.29. The maximum atomic E-state index is 12.3. The molecular weight excluding hydrogens is 326 g/mol. The number of benzene rings is 2. The third-order valence-electron chi connectivity index (χ3n) is 3.92. The molecule has 0 unspecified atom stereocenters. The summed E-state index contributed by atoms with van der Waals surface area (Å²) in [5.41, 5.74) is 5.05. The summed E-state index contributed by atoms with van der Waals surface area (Å²) in [5.74, 6) is 1.23. The van der Waals surface area contributed by atoms with Crippen molar-refractivity contribution >= 4 is 17.7 Å². The van der Waals surface area contributed by atoms with Crippen LogP contribution in [0.5, 0.6) is 11.5 Å². The molecule has 0 heterocycles. The van der Waals surface area contributed by atoms with Crippen molar-refractivity contribution in [2.24, 2.45) is 0 Å². The fourth-order valence-electron chi connectivity index (χ4n) is 2.89. The molecule has 0 aliphatic heterocycles. The topological polar surface area (TPSA) is 47.6 Å². The van der Waals surface area contributed by atoms with E-state index in [-0.39, 0.29) is 5.91 Å². The summed E-state index contributed by atoms with van der Waals surface area (Å²) in [4.78, 5) is 12.3. The summed E-state index contributed by atoms with van der Waals surface area (Å²) in [7, 11) is 0. The minimum atomic E-state index is -0.160. The molecule has 0 aliphatic rings. The van der Waals surface area contributed by atoms with Gasteiger partial charge in [0.05, 0.1) is 13.2 Å². The van der Waals surface area contributed by atoms with Gasteiger partial charge in [-0.1, -0.05) is 23.8 Å². The van der Waals surface area contributed by atoms with E-state index in [0.29, 0.717) is 24.7 Å². The average Bonchev–Trinajstić information content (AvgIpc) is 2.58. The van der Waals surface area contributed by atoms with Crippen LogP contribution in [0.4, 0.5) is 5.69 Å². The van der Waals surface area contributed by atoms with Crippen molar-refractivity contribution in [3.8, 4) is 11.5 Å². The summed E-state index contributed by atoms with van der Waals surface area (Å²) < 4.78 is 11.2. The summed E-state index contributed by atoms with van der Waals surface area (Å²) in [6.45, 7) is 11.0. The number of carbonyl (C=O) groups excluding carboxylic acids is 1. The van der Waals surface area contributed by atoms with Crippen molar-refractivity contribution in [1.82, 2.24) is 0 Å². The van der Waals surface area contributed by atoms with E-state index in [1.807, 2.05) is 52.8 Å². The van der Waals surface area contributed by atoms with Crippen LogP contribution < -0.4 is 14.8 Å². The molecule has 0 radical (unpaired) electrons. The Morgan fingerprint density at radius 3 is 2.19 bits per heavy atom. The average molecular weight is 353 g/mol. The molecule has 0 aliphatic carbocycles.